The van der Waals surface area contributed by atoms with Crippen molar-refractivity contribution in [2.24, 2.45) is 0 Å². The summed E-state index contributed by atoms with van der Waals surface area (Å²) in [6, 6.07) is 11.9. The number of rotatable bonds is 8. The fourth-order valence-electron chi connectivity index (χ4n) is 8.32. The van der Waals surface area contributed by atoms with Gasteiger partial charge in [-0.2, -0.15) is 0 Å². The van der Waals surface area contributed by atoms with E-state index in [9.17, 15) is 24.6 Å². The standard InChI is InChI=1S/C38H54BN5O6/c1-3-27-23-26(24-31(39)34(27)45)25-33(35(46)42-16-10-29(11-17-42)41-21-14-38(49,4-2)15-22-41)50-37(48)43-18-12-30(13-19-43)44-20-9-28-7-5-6-8-32(28)40-36(44)47/h5-8,23-24,29-30,33,45,49H,3-4,9-22,25,39H2,1-2H3,(H,40,47)/t33-/m1/s1. The van der Waals surface area contributed by atoms with Crippen LogP contribution in [0.4, 0.5) is 15.3 Å². The minimum absolute atomic E-state index is 0.00944. The smallest absolute Gasteiger partial charge is 0.410 e. The summed E-state index contributed by atoms with van der Waals surface area (Å²) < 4.78 is 6.10. The van der Waals surface area contributed by atoms with E-state index in [2.05, 4.69) is 10.2 Å². The summed E-state index contributed by atoms with van der Waals surface area (Å²) in [4.78, 5) is 48.8. The van der Waals surface area contributed by atoms with Gasteiger partial charge in [-0.25, -0.2) is 9.59 Å². The summed E-state index contributed by atoms with van der Waals surface area (Å²) in [6.07, 6.45) is 5.44. The zero-order valence-electron chi connectivity index (χ0n) is 30.0. The molecule has 0 aromatic heterocycles. The molecule has 0 bridgehead atoms. The molecule has 6 rings (SSSR count). The van der Waals surface area contributed by atoms with Gasteiger partial charge in [0.25, 0.3) is 5.91 Å². The maximum absolute atomic E-state index is 14.1. The Balaban J connectivity index is 1.09. The van der Waals surface area contributed by atoms with Crippen LogP contribution in [-0.4, -0.2) is 125 Å². The van der Waals surface area contributed by atoms with Gasteiger partial charge in [0.05, 0.1) is 5.60 Å². The van der Waals surface area contributed by atoms with E-state index in [0.29, 0.717) is 58.0 Å². The molecule has 4 aliphatic heterocycles. The Hall–Kier alpha value is -3.77. The number of benzene rings is 2. The number of aromatic hydroxyl groups is 1. The molecule has 4 heterocycles. The first kappa shape index (κ1) is 36.0. The van der Waals surface area contributed by atoms with Gasteiger partial charge in [-0.1, -0.05) is 44.2 Å². The quantitative estimate of drug-likeness (QED) is 0.365. The molecule has 2 aromatic carbocycles. The molecule has 3 fully saturated rings. The molecule has 4 aliphatic rings. The number of hydrogen-bond donors (Lipinski definition) is 3. The summed E-state index contributed by atoms with van der Waals surface area (Å²) in [5.41, 5.74) is 3.80. The van der Waals surface area contributed by atoms with E-state index in [0.717, 1.165) is 79.5 Å². The minimum atomic E-state index is -0.991. The minimum Gasteiger partial charge on any atom is -0.508 e. The number of amides is 4. The van der Waals surface area contributed by atoms with Crippen LogP contribution in [0.2, 0.25) is 0 Å². The number of aliphatic hydroxyl groups is 1. The zero-order chi connectivity index (χ0) is 35.4. The lowest BCUT2D eigenvalue weighted by molar-refractivity contribution is -0.142. The van der Waals surface area contributed by atoms with Crippen LogP contribution in [0.3, 0.4) is 0 Å². The first-order chi connectivity index (χ1) is 24.1. The number of para-hydroxylation sites is 1. The Morgan fingerprint density at radius 3 is 2.30 bits per heavy atom. The fourth-order valence-corrected chi connectivity index (χ4v) is 8.32. The highest BCUT2D eigenvalue weighted by Crippen LogP contribution is 2.30. The van der Waals surface area contributed by atoms with Gasteiger partial charge in [0.15, 0.2) is 6.10 Å². The van der Waals surface area contributed by atoms with Gasteiger partial charge in [0, 0.05) is 70.0 Å². The summed E-state index contributed by atoms with van der Waals surface area (Å²) in [7, 11) is 1.85. The molecular weight excluding hydrogens is 633 g/mol. The van der Waals surface area contributed by atoms with Crippen molar-refractivity contribution in [3.05, 3.63) is 53.1 Å². The van der Waals surface area contributed by atoms with Crippen molar-refractivity contribution in [3.8, 4) is 5.75 Å². The molecule has 50 heavy (non-hydrogen) atoms. The predicted octanol–water partition coefficient (Wildman–Crippen LogP) is 3.04. The number of urea groups is 1. The first-order valence-corrected chi connectivity index (χ1v) is 18.7. The molecule has 1 atom stereocenters. The van der Waals surface area contributed by atoms with E-state index in [1.165, 1.54) is 0 Å². The molecule has 0 radical (unpaired) electrons. The van der Waals surface area contributed by atoms with E-state index in [-0.39, 0.29) is 30.2 Å². The number of phenolic OH excluding ortho intramolecular Hbond substituents is 1. The van der Waals surface area contributed by atoms with Crippen molar-refractivity contribution < 1.29 is 29.3 Å². The average molecular weight is 688 g/mol. The maximum Gasteiger partial charge on any atom is 0.410 e. The van der Waals surface area contributed by atoms with E-state index >= 15 is 0 Å². The Labute approximate surface area is 297 Å². The molecule has 0 aliphatic carbocycles. The maximum atomic E-state index is 14.1. The van der Waals surface area contributed by atoms with Crippen LogP contribution in [0.5, 0.6) is 5.75 Å². The second kappa shape index (κ2) is 15.6. The first-order valence-electron chi connectivity index (χ1n) is 18.7. The van der Waals surface area contributed by atoms with Crippen LogP contribution in [0.1, 0.15) is 75.5 Å². The summed E-state index contributed by atoms with van der Waals surface area (Å²) in [5.74, 6) is 0.0772. The highest BCUT2D eigenvalue weighted by molar-refractivity contribution is 6.34. The Bertz CT molecular complexity index is 1530. The Morgan fingerprint density at radius 1 is 0.960 bits per heavy atom. The lowest BCUT2D eigenvalue weighted by atomic mass is 9.87. The number of phenols is 1. The van der Waals surface area contributed by atoms with Gasteiger partial charge in [0.1, 0.15) is 13.6 Å². The topological polar surface area (TPSA) is 126 Å². The largest absolute Gasteiger partial charge is 0.508 e. The molecule has 12 heteroatoms. The summed E-state index contributed by atoms with van der Waals surface area (Å²) >= 11 is 0. The van der Waals surface area contributed by atoms with Crippen LogP contribution in [-0.2, 0) is 28.8 Å². The van der Waals surface area contributed by atoms with E-state index < -0.39 is 17.8 Å². The van der Waals surface area contributed by atoms with Gasteiger partial charge >= 0.3 is 12.1 Å². The predicted molar refractivity (Wildman–Crippen MR) is 196 cm³/mol. The van der Waals surface area contributed by atoms with Crippen molar-refractivity contribution in [3.63, 3.8) is 0 Å². The van der Waals surface area contributed by atoms with Crippen molar-refractivity contribution in [2.45, 2.75) is 102 Å². The third-order valence-corrected chi connectivity index (χ3v) is 11.7. The lowest BCUT2D eigenvalue weighted by Gasteiger charge is -2.44. The number of likely N-dealkylation sites (tertiary alicyclic amines) is 3. The van der Waals surface area contributed by atoms with Gasteiger partial charge in [-0.15, -0.1) is 0 Å². The molecule has 3 N–H and O–H groups in total. The highest BCUT2D eigenvalue weighted by atomic mass is 16.6. The number of carbonyl (C=O) groups excluding carboxylic acids is 3. The number of ether oxygens (including phenoxy) is 1. The van der Waals surface area contributed by atoms with Crippen LogP contribution >= 0.6 is 0 Å². The van der Waals surface area contributed by atoms with Crippen molar-refractivity contribution in [2.75, 3.05) is 51.1 Å². The van der Waals surface area contributed by atoms with Gasteiger partial charge in [-0.05, 0) is 86.0 Å². The van der Waals surface area contributed by atoms with E-state index in [1.807, 2.05) is 67.9 Å². The summed E-state index contributed by atoms with van der Waals surface area (Å²) in [6.45, 7) is 8.45. The van der Waals surface area contributed by atoms with E-state index in [4.69, 9.17) is 4.74 Å². The number of anilines is 1. The monoisotopic (exact) mass is 687 g/mol. The lowest BCUT2D eigenvalue weighted by Crippen LogP contribution is -2.54. The molecule has 3 saturated heterocycles. The number of nitrogens with zero attached hydrogens (tertiary/aromatic N) is 4. The van der Waals surface area contributed by atoms with Gasteiger partial charge in [-0.3, -0.25) is 4.79 Å². The molecule has 270 valence electrons. The normalized spacial score (nSPS) is 21.3. The van der Waals surface area contributed by atoms with Gasteiger partial charge < -0.3 is 39.9 Å². The number of fused-ring (bicyclic) bond motifs is 1. The number of nitrogens with one attached hydrogen (secondary N) is 1. The SMILES string of the molecule is Bc1cc(C[C@@H](OC(=O)N2CCC(N3CCc4ccccc4NC3=O)CC2)C(=O)N2CCC(N3CCC(O)(CC)CC3)CC2)cc(CC)c1O. The fraction of sp³-hybridized carbons (Fsp3) is 0.605. The van der Waals surface area contributed by atoms with Crippen molar-refractivity contribution >= 4 is 37.0 Å². The average Bonchev–Trinajstić information content (AvgIpc) is 3.30. The molecule has 0 saturated carbocycles. The molecular formula is C38H54BN5O6. The third kappa shape index (κ3) is 8.07. The zero-order valence-corrected chi connectivity index (χ0v) is 30.0. The van der Waals surface area contributed by atoms with Crippen molar-refractivity contribution in [1.29, 1.82) is 0 Å². The number of carbonyl (C=O) groups is 3. The second-order valence-corrected chi connectivity index (χ2v) is 14.8. The number of hydrogen-bond acceptors (Lipinski definition) is 7. The molecule has 4 amide bonds. The van der Waals surface area contributed by atoms with Crippen LogP contribution in [0.25, 0.3) is 0 Å². The van der Waals surface area contributed by atoms with Crippen molar-refractivity contribution in [1.82, 2.24) is 19.6 Å². The third-order valence-electron chi connectivity index (χ3n) is 11.7. The molecule has 2 aromatic rings. The van der Waals surface area contributed by atoms with E-state index in [1.54, 1.807) is 4.90 Å². The van der Waals surface area contributed by atoms with Crippen LogP contribution in [0.15, 0.2) is 36.4 Å². The molecule has 0 unspecified atom stereocenters. The molecule has 0 spiro atoms. The Kier molecular flexibility index (Phi) is 11.3. The second-order valence-electron chi connectivity index (χ2n) is 14.8. The van der Waals surface area contributed by atoms with Crippen LogP contribution < -0.4 is 10.8 Å². The summed E-state index contributed by atoms with van der Waals surface area (Å²) in [5, 5.41) is 24.3. The van der Waals surface area contributed by atoms with Crippen LogP contribution in [0, 0.1) is 0 Å². The number of piperidine rings is 3. The highest BCUT2D eigenvalue weighted by Gasteiger charge is 2.38. The van der Waals surface area contributed by atoms with Gasteiger partial charge in [0.2, 0.25) is 0 Å². The number of aryl methyl sites for hydroxylation is 1. The Morgan fingerprint density at radius 2 is 1.62 bits per heavy atom. The molecule has 11 nitrogen and oxygen atoms in total.